The second kappa shape index (κ2) is 5.35. The van der Waals surface area contributed by atoms with E-state index in [-0.39, 0.29) is 0 Å². The maximum atomic E-state index is 6.07. The van der Waals surface area contributed by atoms with Crippen LogP contribution >= 0.6 is 0 Å². The molecular formula is C17H22N2. The van der Waals surface area contributed by atoms with Gasteiger partial charge in [0.25, 0.3) is 0 Å². The van der Waals surface area contributed by atoms with Gasteiger partial charge >= 0.3 is 0 Å². The van der Waals surface area contributed by atoms with Gasteiger partial charge in [-0.1, -0.05) is 38.1 Å². The summed E-state index contributed by atoms with van der Waals surface area (Å²) in [7, 11) is 2.07. The van der Waals surface area contributed by atoms with Crippen LogP contribution in [0.25, 0.3) is 0 Å². The van der Waals surface area contributed by atoms with Crippen LogP contribution in [0.5, 0.6) is 0 Å². The van der Waals surface area contributed by atoms with E-state index in [9.17, 15) is 0 Å². The monoisotopic (exact) mass is 254 g/mol. The van der Waals surface area contributed by atoms with Crippen LogP contribution in [0.2, 0.25) is 0 Å². The number of benzene rings is 2. The first-order chi connectivity index (χ1) is 9.00. The molecule has 2 N–H and O–H groups in total. The second-order valence-electron chi connectivity index (χ2n) is 5.32. The fourth-order valence-corrected chi connectivity index (χ4v) is 2.27. The molecule has 0 amide bonds. The number of hydrogen-bond donors (Lipinski definition) is 1. The Balaban J connectivity index is 2.46. The standard InChI is InChI=1S/C17H22N2/c1-12(2)14-10-9-13(3)17(11-14)19(4)16-8-6-5-7-15(16)18/h5-12H,18H2,1-4H3. The van der Waals surface area contributed by atoms with Crippen molar-refractivity contribution in [1.82, 2.24) is 0 Å². The van der Waals surface area contributed by atoms with Crippen molar-refractivity contribution in [2.24, 2.45) is 0 Å². The van der Waals surface area contributed by atoms with Crippen molar-refractivity contribution in [2.75, 3.05) is 17.7 Å². The molecule has 0 aliphatic rings. The number of hydrogen-bond acceptors (Lipinski definition) is 2. The minimum absolute atomic E-state index is 0.529. The van der Waals surface area contributed by atoms with Gasteiger partial charge in [-0.2, -0.15) is 0 Å². The Morgan fingerprint density at radius 1 is 1.00 bits per heavy atom. The van der Waals surface area contributed by atoms with Gasteiger partial charge in [-0.3, -0.25) is 0 Å². The fourth-order valence-electron chi connectivity index (χ4n) is 2.27. The molecule has 0 atom stereocenters. The molecule has 2 nitrogen and oxygen atoms in total. The predicted octanol–water partition coefficient (Wildman–Crippen LogP) is 4.47. The number of aryl methyl sites for hydroxylation is 1. The van der Waals surface area contributed by atoms with E-state index in [1.807, 2.05) is 18.2 Å². The Hall–Kier alpha value is -1.96. The first kappa shape index (κ1) is 13.5. The average Bonchev–Trinajstić information content (AvgIpc) is 2.38. The van der Waals surface area contributed by atoms with Gasteiger partial charge in [0.05, 0.1) is 11.4 Å². The number of anilines is 3. The molecule has 0 heterocycles. The van der Waals surface area contributed by atoms with E-state index in [0.29, 0.717) is 5.92 Å². The zero-order valence-electron chi connectivity index (χ0n) is 12.1. The van der Waals surface area contributed by atoms with Crippen LogP contribution in [0.4, 0.5) is 17.1 Å². The molecule has 0 fully saturated rings. The van der Waals surface area contributed by atoms with E-state index in [1.165, 1.54) is 16.8 Å². The molecule has 2 heteroatoms. The van der Waals surface area contributed by atoms with Crippen LogP contribution in [0.3, 0.4) is 0 Å². The van der Waals surface area contributed by atoms with Crippen molar-refractivity contribution in [3.8, 4) is 0 Å². The number of rotatable bonds is 3. The van der Waals surface area contributed by atoms with Crippen molar-refractivity contribution >= 4 is 17.1 Å². The van der Waals surface area contributed by atoms with Gasteiger partial charge in [0.2, 0.25) is 0 Å². The van der Waals surface area contributed by atoms with Crippen molar-refractivity contribution in [3.63, 3.8) is 0 Å². The summed E-state index contributed by atoms with van der Waals surface area (Å²) in [4.78, 5) is 2.16. The lowest BCUT2D eigenvalue weighted by Crippen LogP contribution is -2.13. The predicted molar refractivity (Wildman–Crippen MR) is 84.2 cm³/mol. The molecule has 0 spiro atoms. The summed E-state index contributed by atoms with van der Waals surface area (Å²) in [6.07, 6.45) is 0. The van der Waals surface area contributed by atoms with Gasteiger partial charge in [-0.25, -0.2) is 0 Å². The van der Waals surface area contributed by atoms with Gasteiger partial charge in [-0.15, -0.1) is 0 Å². The Labute approximate surface area is 115 Å². The molecule has 0 radical (unpaired) electrons. The van der Waals surface area contributed by atoms with E-state index >= 15 is 0 Å². The van der Waals surface area contributed by atoms with Gasteiger partial charge < -0.3 is 10.6 Å². The molecule has 0 saturated carbocycles. The molecule has 0 aliphatic carbocycles. The van der Waals surface area contributed by atoms with Gasteiger partial charge in [0.15, 0.2) is 0 Å². The number of para-hydroxylation sites is 2. The van der Waals surface area contributed by atoms with Gasteiger partial charge in [0.1, 0.15) is 0 Å². The molecule has 0 saturated heterocycles. The smallest absolute Gasteiger partial charge is 0.0641 e. The Morgan fingerprint density at radius 2 is 1.68 bits per heavy atom. The van der Waals surface area contributed by atoms with E-state index < -0.39 is 0 Å². The van der Waals surface area contributed by atoms with Crippen LogP contribution in [0, 0.1) is 6.92 Å². The largest absolute Gasteiger partial charge is 0.397 e. The summed E-state index contributed by atoms with van der Waals surface area (Å²) < 4.78 is 0. The quantitative estimate of drug-likeness (QED) is 0.819. The third kappa shape index (κ3) is 2.73. The normalized spacial score (nSPS) is 10.8. The summed E-state index contributed by atoms with van der Waals surface area (Å²) in [6.45, 7) is 6.56. The lowest BCUT2D eigenvalue weighted by molar-refractivity contribution is 0.865. The van der Waals surface area contributed by atoms with Gasteiger partial charge in [-0.05, 0) is 42.2 Å². The topological polar surface area (TPSA) is 29.3 Å². The Kier molecular flexibility index (Phi) is 3.79. The first-order valence-corrected chi connectivity index (χ1v) is 6.69. The fraction of sp³-hybridized carbons (Fsp3) is 0.294. The Bertz CT molecular complexity index is 573. The second-order valence-corrected chi connectivity index (χ2v) is 5.32. The van der Waals surface area contributed by atoms with Crippen LogP contribution < -0.4 is 10.6 Å². The summed E-state index contributed by atoms with van der Waals surface area (Å²) in [5.74, 6) is 0.529. The minimum Gasteiger partial charge on any atom is -0.397 e. The van der Waals surface area contributed by atoms with Gasteiger partial charge in [0, 0.05) is 12.7 Å². The lowest BCUT2D eigenvalue weighted by atomic mass is 10.00. The molecule has 0 aromatic heterocycles. The summed E-state index contributed by atoms with van der Waals surface area (Å²) in [5, 5.41) is 0. The molecule has 0 bridgehead atoms. The third-order valence-corrected chi connectivity index (χ3v) is 3.56. The molecule has 0 aliphatic heterocycles. The highest BCUT2D eigenvalue weighted by Gasteiger charge is 2.11. The van der Waals surface area contributed by atoms with Crippen LogP contribution in [0.15, 0.2) is 42.5 Å². The molecular weight excluding hydrogens is 232 g/mol. The highest BCUT2D eigenvalue weighted by molar-refractivity contribution is 5.75. The van der Waals surface area contributed by atoms with Crippen LogP contribution in [-0.2, 0) is 0 Å². The van der Waals surface area contributed by atoms with Crippen molar-refractivity contribution in [1.29, 1.82) is 0 Å². The SMILES string of the molecule is Cc1ccc(C(C)C)cc1N(C)c1ccccc1N. The summed E-state index contributed by atoms with van der Waals surface area (Å²) >= 11 is 0. The zero-order valence-corrected chi connectivity index (χ0v) is 12.1. The Morgan fingerprint density at radius 3 is 2.32 bits per heavy atom. The van der Waals surface area contributed by atoms with Crippen LogP contribution in [0.1, 0.15) is 30.9 Å². The number of nitrogens with zero attached hydrogens (tertiary/aromatic N) is 1. The molecule has 2 rings (SSSR count). The van der Waals surface area contributed by atoms with E-state index in [1.54, 1.807) is 0 Å². The highest BCUT2D eigenvalue weighted by Crippen LogP contribution is 2.32. The highest BCUT2D eigenvalue weighted by atomic mass is 15.1. The third-order valence-electron chi connectivity index (χ3n) is 3.56. The lowest BCUT2D eigenvalue weighted by Gasteiger charge is -2.24. The van der Waals surface area contributed by atoms with E-state index in [4.69, 9.17) is 5.73 Å². The van der Waals surface area contributed by atoms with Crippen LogP contribution in [-0.4, -0.2) is 7.05 Å². The van der Waals surface area contributed by atoms with E-state index in [2.05, 4.69) is 57.0 Å². The molecule has 2 aromatic rings. The summed E-state index contributed by atoms with van der Waals surface area (Å²) in [5.41, 5.74) is 11.7. The van der Waals surface area contributed by atoms with Crippen molar-refractivity contribution in [3.05, 3.63) is 53.6 Å². The summed E-state index contributed by atoms with van der Waals surface area (Å²) in [6, 6.07) is 14.6. The van der Waals surface area contributed by atoms with E-state index in [0.717, 1.165) is 11.4 Å². The number of nitrogen functional groups attached to an aromatic ring is 1. The maximum absolute atomic E-state index is 6.07. The van der Waals surface area contributed by atoms with Crippen molar-refractivity contribution < 1.29 is 0 Å². The average molecular weight is 254 g/mol. The first-order valence-electron chi connectivity index (χ1n) is 6.69. The molecule has 19 heavy (non-hydrogen) atoms. The minimum atomic E-state index is 0.529. The number of nitrogens with two attached hydrogens (primary N) is 1. The zero-order chi connectivity index (χ0) is 14.0. The molecule has 2 aromatic carbocycles. The molecule has 0 unspecified atom stereocenters. The maximum Gasteiger partial charge on any atom is 0.0641 e. The molecule has 100 valence electrons. The van der Waals surface area contributed by atoms with Crippen molar-refractivity contribution in [2.45, 2.75) is 26.7 Å².